The summed E-state index contributed by atoms with van der Waals surface area (Å²) in [6.07, 6.45) is 0.910. The van der Waals surface area contributed by atoms with Crippen molar-refractivity contribution >= 4 is 17.4 Å². The van der Waals surface area contributed by atoms with Gasteiger partial charge in [-0.1, -0.05) is 12.1 Å². The molecule has 1 aromatic rings. The Hall–Kier alpha value is -2.00. The van der Waals surface area contributed by atoms with Gasteiger partial charge in [-0.25, -0.2) is 9.98 Å². The Morgan fingerprint density at radius 2 is 1.70 bits per heavy atom. The minimum absolute atomic E-state index is 0.0841. The minimum Gasteiger partial charge on any atom is -0.383 e. The molecule has 8 heteroatoms. The number of ether oxygens (including phenoxy) is 2. The van der Waals surface area contributed by atoms with Crippen LogP contribution in [0.1, 0.15) is 18.0 Å². The molecule has 0 radical (unpaired) electrons. The van der Waals surface area contributed by atoms with E-state index in [1.54, 1.807) is 7.11 Å². The van der Waals surface area contributed by atoms with E-state index in [2.05, 4.69) is 50.9 Å². The maximum atomic E-state index is 5.86. The molecule has 1 aromatic carbocycles. The van der Waals surface area contributed by atoms with Crippen molar-refractivity contribution in [2.24, 2.45) is 15.9 Å². The van der Waals surface area contributed by atoms with Crippen molar-refractivity contribution in [1.29, 1.82) is 0 Å². The summed E-state index contributed by atoms with van der Waals surface area (Å²) in [5.41, 5.74) is 3.85. The minimum atomic E-state index is 0.0841. The molecule has 0 spiro atoms. The third-order valence-electron chi connectivity index (χ3n) is 7.48. The Kier molecular flexibility index (Phi) is 7.25. The first-order valence-corrected chi connectivity index (χ1v) is 12.4. The monoisotopic (exact) mass is 454 g/mol. The second kappa shape index (κ2) is 10.5. The molecule has 0 aromatic heterocycles. The van der Waals surface area contributed by atoms with E-state index in [0.29, 0.717) is 6.61 Å². The molecule has 4 aliphatic heterocycles. The fourth-order valence-corrected chi connectivity index (χ4v) is 5.25. The van der Waals surface area contributed by atoms with Gasteiger partial charge in [0.05, 0.1) is 25.9 Å². The number of hydrogen-bond acceptors (Lipinski definition) is 8. The van der Waals surface area contributed by atoms with Gasteiger partial charge >= 0.3 is 0 Å². The van der Waals surface area contributed by atoms with Crippen LogP contribution in [0.3, 0.4) is 0 Å². The lowest BCUT2D eigenvalue weighted by atomic mass is 9.86. The molecular formula is C25H38N6O2. The summed E-state index contributed by atoms with van der Waals surface area (Å²) in [6.45, 7) is 11.7. The molecule has 0 aliphatic carbocycles. The first kappa shape index (κ1) is 22.8. The number of methoxy groups -OCH3 is 1. The molecule has 0 amide bonds. The van der Waals surface area contributed by atoms with Gasteiger partial charge in [0, 0.05) is 89.8 Å². The quantitative estimate of drug-likeness (QED) is 0.674. The molecule has 2 atom stereocenters. The van der Waals surface area contributed by atoms with Crippen molar-refractivity contribution in [1.82, 2.24) is 14.7 Å². The lowest BCUT2D eigenvalue weighted by Crippen LogP contribution is -2.50. The Morgan fingerprint density at radius 1 is 0.970 bits per heavy atom. The van der Waals surface area contributed by atoms with E-state index >= 15 is 0 Å². The summed E-state index contributed by atoms with van der Waals surface area (Å²) in [6, 6.07) is 9.19. The number of aliphatic imine (C=N–C) groups is 2. The Labute approximate surface area is 197 Å². The lowest BCUT2D eigenvalue weighted by molar-refractivity contribution is 0.0958. The van der Waals surface area contributed by atoms with Crippen LogP contribution >= 0.6 is 0 Å². The number of hydrogen-bond donors (Lipinski definition) is 0. The summed E-state index contributed by atoms with van der Waals surface area (Å²) < 4.78 is 11.1. The zero-order chi connectivity index (χ0) is 22.6. The highest BCUT2D eigenvalue weighted by Gasteiger charge is 2.35. The second-order valence-corrected chi connectivity index (χ2v) is 9.61. The molecule has 4 aliphatic rings. The summed E-state index contributed by atoms with van der Waals surface area (Å²) in [7, 11) is 3.97. The molecular weight excluding hydrogens is 416 g/mol. The van der Waals surface area contributed by atoms with Crippen LogP contribution in [0.15, 0.2) is 34.3 Å². The van der Waals surface area contributed by atoms with Gasteiger partial charge in [0.15, 0.2) is 0 Å². The number of anilines is 1. The van der Waals surface area contributed by atoms with Crippen molar-refractivity contribution < 1.29 is 9.47 Å². The molecule has 3 fully saturated rings. The topological polar surface area (TPSA) is 56.1 Å². The number of guanidine groups is 1. The molecule has 2 unspecified atom stereocenters. The van der Waals surface area contributed by atoms with Gasteiger partial charge in [-0.05, 0) is 24.7 Å². The zero-order valence-electron chi connectivity index (χ0n) is 20.2. The SMILES string of the molecule is COCCN1CCN(C2=NC(c3ccc(N4CCN(C)CC4)cc3)C3COCCC3=N2)CC1. The van der Waals surface area contributed by atoms with E-state index in [9.17, 15) is 0 Å². The van der Waals surface area contributed by atoms with Crippen molar-refractivity contribution in [3.8, 4) is 0 Å². The third kappa shape index (κ3) is 5.24. The second-order valence-electron chi connectivity index (χ2n) is 9.61. The number of benzene rings is 1. The van der Waals surface area contributed by atoms with Gasteiger partial charge in [0.2, 0.25) is 5.96 Å². The van der Waals surface area contributed by atoms with E-state index in [4.69, 9.17) is 19.5 Å². The molecule has 8 nitrogen and oxygen atoms in total. The zero-order valence-corrected chi connectivity index (χ0v) is 20.2. The number of nitrogens with zero attached hydrogens (tertiary/aromatic N) is 6. The van der Waals surface area contributed by atoms with Crippen LogP contribution < -0.4 is 4.90 Å². The highest BCUT2D eigenvalue weighted by molar-refractivity contribution is 6.01. The number of fused-ring (bicyclic) bond motifs is 1. The lowest BCUT2D eigenvalue weighted by Gasteiger charge is -2.39. The molecule has 5 rings (SSSR count). The Bertz CT molecular complexity index is 841. The van der Waals surface area contributed by atoms with E-state index in [1.165, 1.54) is 17.0 Å². The fourth-order valence-electron chi connectivity index (χ4n) is 5.25. The van der Waals surface area contributed by atoms with Crippen LogP contribution in [-0.4, -0.2) is 119 Å². The van der Waals surface area contributed by atoms with E-state index in [0.717, 1.165) is 84.5 Å². The molecule has 4 heterocycles. The number of piperazine rings is 2. The molecule has 0 N–H and O–H groups in total. The maximum absolute atomic E-state index is 5.86. The predicted molar refractivity (Wildman–Crippen MR) is 133 cm³/mol. The first-order chi connectivity index (χ1) is 16.2. The Balaban J connectivity index is 1.31. The van der Waals surface area contributed by atoms with Gasteiger partial charge in [-0.2, -0.15) is 0 Å². The summed E-state index contributed by atoms with van der Waals surface area (Å²) >= 11 is 0. The van der Waals surface area contributed by atoms with Crippen molar-refractivity contribution in [2.45, 2.75) is 12.5 Å². The van der Waals surface area contributed by atoms with Gasteiger partial charge in [-0.15, -0.1) is 0 Å². The Morgan fingerprint density at radius 3 is 2.42 bits per heavy atom. The maximum Gasteiger partial charge on any atom is 0.221 e. The molecule has 0 bridgehead atoms. The number of rotatable bonds is 5. The van der Waals surface area contributed by atoms with E-state index in [1.807, 2.05) is 0 Å². The van der Waals surface area contributed by atoms with Crippen LogP contribution in [0.4, 0.5) is 5.69 Å². The van der Waals surface area contributed by atoms with Gasteiger partial charge in [-0.3, -0.25) is 4.90 Å². The van der Waals surface area contributed by atoms with E-state index in [-0.39, 0.29) is 12.0 Å². The molecule has 180 valence electrons. The van der Waals surface area contributed by atoms with E-state index < -0.39 is 0 Å². The molecule has 0 saturated carbocycles. The summed E-state index contributed by atoms with van der Waals surface area (Å²) in [5.74, 6) is 1.17. The number of likely N-dealkylation sites (N-methyl/N-ethyl adjacent to an activating group) is 1. The van der Waals surface area contributed by atoms with Crippen LogP contribution in [-0.2, 0) is 9.47 Å². The standard InChI is InChI=1S/C25H38N6O2/c1-28-8-12-30(13-9-28)21-5-3-20(4-6-21)24-22-19-33-17-7-23(22)26-25(27-24)31-14-10-29(11-15-31)16-18-32-2/h3-6,22,24H,7-19H2,1-2H3. The van der Waals surface area contributed by atoms with Crippen LogP contribution in [0.2, 0.25) is 0 Å². The fraction of sp³-hybridized carbons (Fsp3) is 0.680. The molecule has 3 saturated heterocycles. The summed E-state index contributed by atoms with van der Waals surface area (Å²) in [4.78, 5) is 20.0. The van der Waals surface area contributed by atoms with Crippen LogP contribution in [0.5, 0.6) is 0 Å². The van der Waals surface area contributed by atoms with Crippen molar-refractivity contribution in [3.05, 3.63) is 29.8 Å². The first-order valence-electron chi connectivity index (χ1n) is 12.4. The average Bonchev–Trinajstić information content (AvgIpc) is 2.88. The highest BCUT2D eigenvalue weighted by Crippen LogP contribution is 2.35. The van der Waals surface area contributed by atoms with Gasteiger partial charge in [0.25, 0.3) is 0 Å². The van der Waals surface area contributed by atoms with Crippen LogP contribution in [0.25, 0.3) is 0 Å². The third-order valence-corrected chi connectivity index (χ3v) is 7.48. The van der Waals surface area contributed by atoms with Crippen molar-refractivity contribution in [2.75, 3.05) is 97.8 Å². The van der Waals surface area contributed by atoms with Crippen molar-refractivity contribution in [3.63, 3.8) is 0 Å². The predicted octanol–water partition coefficient (Wildman–Crippen LogP) is 1.59. The van der Waals surface area contributed by atoms with Crippen LogP contribution in [0, 0.1) is 5.92 Å². The van der Waals surface area contributed by atoms with Gasteiger partial charge in [0.1, 0.15) is 0 Å². The average molecular weight is 455 g/mol. The summed E-state index contributed by atoms with van der Waals surface area (Å²) in [5, 5.41) is 0. The highest BCUT2D eigenvalue weighted by atomic mass is 16.5. The normalized spacial score (nSPS) is 27.2. The smallest absolute Gasteiger partial charge is 0.221 e. The van der Waals surface area contributed by atoms with Gasteiger partial charge < -0.3 is 24.2 Å². The largest absolute Gasteiger partial charge is 0.383 e. The molecule has 33 heavy (non-hydrogen) atoms.